The zero-order valence-corrected chi connectivity index (χ0v) is 9.79. The van der Waals surface area contributed by atoms with Crippen molar-refractivity contribution >= 4 is 17.5 Å². The Labute approximate surface area is 81.0 Å². The van der Waals surface area contributed by atoms with Crippen molar-refractivity contribution in [2.75, 3.05) is 11.5 Å². The average molecular weight is 187 g/mol. The van der Waals surface area contributed by atoms with Gasteiger partial charge >= 0.3 is 0 Å². The van der Waals surface area contributed by atoms with E-state index in [1.165, 1.54) is 17.2 Å². The first-order chi connectivity index (χ1) is 5.45. The maximum Gasteiger partial charge on any atom is 0.0523 e. The second-order valence-corrected chi connectivity index (χ2v) is 5.36. The highest BCUT2D eigenvalue weighted by atomic mass is 32.2. The molecular formula is C10H21NS. The van der Waals surface area contributed by atoms with Gasteiger partial charge in [0, 0.05) is 5.71 Å². The highest BCUT2D eigenvalue weighted by Crippen LogP contribution is 2.09. The molecule has 0 rings (SSSR count). The normalized spacial score (nSPS) is 13.6. The Morgan fingerprint density at radius 3 is 2.33 bits per heavy atom. The van der Waals surface area contributed by atoms with Crippen LogP contribution in [-0.4, -0.2) is 22.8 Å². The molecule has 0 N–H and O–H groups in total. The Bertz CT molecular complexity index is 144. The van der Waals surface area contributed by atoms with Crippen LogP contribution >= 0.6 is 11.8 Å². The van der Waals surface area contributed by atoms with E-state index in [0.717, 1.165) is 6.42 Å². The fourth-order valence-electron chi connectivity index (χ4n) is 0.993. The van der Waals surface area contributed by atoms with Gasteiger partial charge in [-0.3, -0.25) is 4.99 Å². The van der Waals surface area contributed by atoms with Crippen molar-refractivity contribution in [1.29, 1.82) is 0 Å². The number of aliphatic imine (C=N–C) groups is 1. The fraction of sp³-hybridized carbons (Fsp3) is 0.900. The van der Waals surface area contributed by atoms with E-state index in [9.17, 15) is 0 Å². The highest BCUT2D eigenvalue weighted by molar-refractivity contribution is 7.99. The largest absolute Gasteiger partial charge is 0.289 e. The smallest absolute Gasteiger partial charge is 0.0523 e. The van der Waals surface area contributed by atoms with Crippen molar-refractivity contribution in [2.45, 2.75) is 46.6 Å². The summed E-state index contributed by atoms with van der Waals surface area (Å²) in [6.45, 7) is 10.7. The maximum absolute atomic E-state index is 4.58. The topological polar surface area (TPSA) is 12.4 Å². The average Bonchev–Trinajstić information content (AvgIpc) is 1.84. The molecule has 0 amide bonds. The summed E-state index contributed by atoms with van der Waals surface area (Å²) >= 11 is 1.98. The number of hydrogen-bond acceptors (Lipinski definition) is 2. The molecule has 0 aromatic carbocycles. The molecule has 0 aliphatic heterocycles. The zero-order valence-electron chi connectivity index (χ0n) is 8.98. The summed E-state index contributed by atoms with van der Waals surface area (Å²) in [6.07, 6.45) is 1.13. The Balaban J connectivity index is 3.71. The van der Waals surface area contributed by atoms with E-state index in [2.05, 4.69) is 39.6 Å². The molecule has 0 aliphatic rings. The second kappa shape index (κ2) is 5.63. The van der Waals surface area contributed by atoms with E-state index >= 15 is 0 Å². The van der Waals surface area contributed by atoms with E-state index in [-0.39, 0.29) is 5.54 Å². The number of hydrogen-bond donors (Lipinski definition) is 0. The lowest BCUT2D eigenvalue weighted by Gasteiger charge is -2.13. The molecule has 0 aromatic rings. The number of nitrogens with zero attached hydrogens (tertiary/aromatic N) is 1. The summed E-state index contributed by atoms with van der Waals surface area (Å²) in [6, 6.07) is 0. The SMILES string of the molecule is CCSCCC(C)=NC(C)(C)C. The van der Waals surface area contributed by atoms with Gasteiger partial charge in [-0.15, -0.1) is 0 Å². The Hall–Kier alpha value is 0.0200. The van der Waals surface area contributed by atoms with E-state index in [4.69, 9.17) is 0 Å². The highest BCUT2D eigenvalue weighted by Gasteiger charge is 2.06. The molecule has 0 aliphatic carbocycles. The van der Waals surface area contributed by atoms with Crippen LogP contribution in [-0.2, 0) is 0 Å². The van der Waals surface area contributed by atoms with Crippen molar-refractivity contribution in [2.24, 2.45) is 4.99 Å². The first kappa shape index (κ1) is 12.0. The first-order valence-electron chi connectivity index (χ1n) is 4.59. The lowest BCUT2D eigenvalue weighted by Crippen LogP contribution is -2.13. The van der Waals surface area contributed by atoms with Gasteiger partial charge in [0.15, 0.2) is 0 Å². The minimum absolute atomic E-state index is 0.0982. The summed E-state index contributed by atoms with van der Waals surface area (Å²) in [5.41, 5.74) is 1.38. The van der Waals surface area contributed by atoms with E-state index in [0.29, 0.717) is 0 Å². The third kappa shape index (κ3) is 8.12. The van der Waals surface area contributed by atoms with Crippen molar-refractivity contribution in [1.82, 2.24) is 0 Å². The summed E-state index contributed by atoms with van der Waals surface area (Å²) < 4.78 is 0. The minimum Gasteiger partial charge on any atom is -0.289 e. The standard InChI is InChI=1S/C10H21NS/c1-6-12-8-7-9(2)11-10(3,4)5/h6-8H2,1-5H3. The molecule has 0 heterocycles. The molecule has 0 bridgehead atoms. The van der Waals surface area contributed by atoms with Crippen LogP contribution in [0.4, 0.5) is 0 Å². The summed E-state index contributed by atoms with van der Waals surface area (Å²) in [7, 11) is 0. The van der Waals surface area contributed by atoms with Crippen LogP contribution in [0.5, 0.6) is 0 Å². The van der Waals surface area contributed by atoms with Gasteiger partial charge in [0.05, 0.1) is 5.54 Å². The molecule has 12 heavy (non-hydrogen) atoms. The van der Waals surface area contributed by atoms with Crippen molar-refractivity contribution < 1.29 is 0 Å². The van der Waals surface area contributed by atoms with Crippen LogP contribution in [0.2, 0.25) is 0 Å². The Morgan fingerprint density at radius 1 is 1.33 bits per heavy atom. The molecule has 1 nitrogen and oxygen atoms in total. The molecule has 0 radical (unpaired) electrons. The molecule has 0 unspecified atom stereocenters. The fourth-order valence-corrected chi connectivity index (χ4v) is 1.72. The number of rotatable bonds is 4. The van der Waals surface area contributed by atoms with Crippen LogP contribution in [0, 0.1) is 0 Å². The molecular weight excluding hydrogens is 166 g/mol. The lowest BCUT2D eigenvalue weighted by molar-refractivity contribution is 0.582. The van der Waals surface area contributed by atoms with Crippen molar-refractivity contribution in [3.05, 3.63) is 0 Å². The maximum atomic E-state index is 4.58. The van der Waals surface area contributed by atoms with E-state index in [1.54, 1.807) is 0 Å². The van der Waals surface area contributed by atoms with Crippen LogP contribution < -0.4 is 0 Å². The predicted octanol–water partition coefficient (Wildman–Crippen LogP) is 3.39. The van der Waals surface area contributed by atoms with Gasteiger partial charge in [0.2, 0.25) is 0 Å². The van der Waals surface area contributed by atoms with Crippen LogP contribution in [0.3, 0.4) is 0 Å². The van der Waals surface area contributed by atoms with Gasteiger partial charge < -0.3 is 0 Å². The van der Waals surface area contributed by atoms with Gasteiger partial charge in [-0.05, 0) is 45.6 Å². The zero-order chi connectivity index (χ0) is 9.61. The Morgan fingerprint density at radius 2 is 1.92 bits per heavy atom. The van der Waals surface area contributed by atoms with Gasteiger partial charge in [-0.2, -0.15) is 11.8 Å². The van der Waals surface area contributed by atoms with E-state index < -0.39 is 0 Å². The summed E-state index contributed by atoms with van der Waals surface area (Å²) in [5, 5.41) is 0. The van der Waals surface area contributed by atoms with E-state index in [1.807, 2.05) is 11.8 Å². The first-order valence-corrected chi connectivity index (χ1v) is 5.74. The van der Waals surface area contributed by atoms with Crippen LogP contribution in [0.1, 0.15) is 41.0 Å². The van der Waals surface area contributed by atoms with Gasteiger partial charge in [0.1, 0.15) is 0 Å². The van der Waals surface area contributed by atoms with Crippen LogP contribution in [0.15, 0.2) is 4.99 Å². The molecule has 0 fully saturated rings. The third-order valence-electron chi connectivity index (χ3n) is 1.34. The molecule has 0 spiro atoms. The minimum atomic E-state index is 0.0982. The van der Waals surface area contributed by atoms with Crippen molar-refractivity contribution in [3.63, 3.8) is 0 Å². The molecule has 0 atom stereocenters. The molecule has 2 heteroatoms. The summed E-state index contributed by atoms with van der Waals surface area (Å²) in [5.74, 6) is 2.42. The second-order valence-electron chi connectivity index (χ2n) is 3.96. The summed E-state index contributed by atoms with van der Waals surface area (Å²) in [4.78, 5) is 4.58. The third-order valence-corrected chi connectivity index (χ3v) is 2.24. The molecule has 0 saturated carbocycles. The number of thioether (sulfide) groups is 1. The molecule has 0 saturated heterocycles. The van der Waals surface area contributed by atoms with Gasteiger partial charge in [-0.1, -0.05) is 6.92 Å². The lowest BCUT2D eigenvalue weighted by atomic mass is 10.1. The molecule has 0 aromatic heterocycles. The monoisotopic (exact) mass is 187 g/mol. The van der Waals surface area contributed by atoms with Gasteiger partial charge in [0.25, 0.3) is 0 Å². The Kier molecular flexibility index (Phi) is 5.64. The molecule has 72 valence electrons. The van der Waals surface area contributed by atoms with Crippen LogP contribution in [0.25, 0.3) is 0 Å². The quantitative estimate of drug-likeness (QED) is 0.485. The van der Waals surface area contributed by atoms with Gasteiger partial charge in [-0.25, -0.2) is 0 Å². The predicted molar refractivity (Wildman–Crippen MR) is 60.5 cm³/mol. The van der Waals surface area contributed by atoms with Crippen molar-refractivity contribution in [3.8, 4) is 0 Å².